The maximum atomic E-state index is 11.3. The van der Waals surface area contributed by atoms with Crippen molar-refractivity contribution in [2.24, 2.45) is 11.0 Å². The molecule has 0 spiro atoms. The first-order chi connectivity index (χ1) is 8.04. The Kier molecular flexibility index (Phi) is 4.69. The van der Waals surface area contributed by atoms with E-state index in [0.717, 1.165) is 16.9 Å². The number of hydrazone groups is 1. The van der Waals surface area contributed by atoms with Gasteiger partial charge in [-0.2, -0.15) is 5.10 Å². The molecule has 1 rings (SSSR count). The van der Waals surface area contributed by atoms with Crippen molar-refractivity contribution in [1.29, 1.82) is 0 Å². The molecule has 0 radical (unpaired) electrons. The van der Waals surface area contributed by atoms with E-state index >= 15 is 0 Å². The average Bonchev–Trinajstić information content (AvgIpc) is 2.31. The number of nitrogens with zero attached hydrogens (tertiary/aromatic N) is 1. The third-order valence-electron chi connectivity index (χ3n) is 2.34. The number of hydrogen-bond donors (Lipinski definition) is 1. The zero-order valence-electron chi connectivity index (χ0n) is 10.7. The number of benzene rings is 1. The molecule has 17 heavy (non-hydrogen) atoms. The summed E-state index contributed by atoms with van der Waals surface area (Å²) in [5.41, 5.74) is 4.42. The van der Waals surface area contributed by atoms with E-state index in [0.29, 0.717) is 0 Å². The first kappa shape index (κ1) is 13.2. The Bertz CT molecular complexity index is 425. The van der Waals surface area contributed by atoms with Gasteiger partial charge in [-0.1, -0.05) is 26.0 Å². The van der Waals surface area contributed by atoms with Crippen LogP contribution in [-0.2, 0) is 4.79 Å². The molecule has 0 aliphatic heterocycles. The van der Waals surface area contributed by atoms with Gasteiger partial charge in [-0.15, -0.1) is 0 Å². The fraction of sp³-hybridized carbons (Fsp3) is 0.385. The minimum Gasteiger partial charge on any atom is -0.496 e. The molecule has 0 aliphatic carbocycles. The number of aryl methyl sites for hydroxylation is 1. The van der Waals surface area contributed by atoms with Crippen LogP contribution in [0.2, 0.25) is 0 Å². The van der Waals surface area contributed by atoms with Crippen molar-refractivity contribution in [3.8, 4) is 5.75 Å². The van der Waals surface area contributed by atoms with Crippen LogP contribution < -0.4 is 10.2 Å². The summed E-state index contributed by atoms with van der Waals surface area (Å²) < 4.78 is 5.20. The molecule has 0 unspecified atom stereocenters. The van der Waals surface area contributed by atoms with Crippen LogP contribution in [0.1, 0.15) is 25.0 Å². The van der Waals surface area contributed by atoms with Gasteiger partial charge in [-0.05, 0) is 24.1 Å². The third-order valence-corrected chi connectivity index (χ3v) is 2.34. The van der Waals surface area contributed by atoms with E-state index in [2.05, 4.69) is 10.5 Å². The molecule has 4 heteroatoms. The first-order valence-corrected chi connectivity index (χ1v) is 5.52. The fourth-order valence-electron chi connectivity index (χ4n) is 1.22. The lowest BCUT2D eigenvalue weighted by molar-refractivity contribution is -0.123. The van der Waals surface area contributed by atoms with Gasteiger partial charge in [0.2, 0.25) is 5.91 Å². The molecular weight excluding hydrogens is 216 g/mol. The molecule has 4 nitrogen and oxygen atoms in total. The minimum atomic E-state index is -0.0969. The maximum Gasteiger partial charge on any atom is 0.242 e. The van der Waals surface area contributed by atoms with Gasteiger partial charge in [0.05, 0.1) is 13.3 Å². The summed E-state index contributed by atoms with van der Waals surface area (Å²) in [5.74, 6) is 0.643. The summed E-state index contributed by atoms with van der Waals surface area (Å²) in [6.07, 6.45) is 1.60. The second-order valence-electron chi connectivity index (χ2n) is 4.12. The first-order valence-electron chi connectivity index (χ1n) is 5.52. The number of nitrogens with one attached hydrogen (secondary N) is 1. The summed E-state index contributed by atoms with van der Waals surface area (Å²) >= 11 is 0. The maximum absolute atomic E-state index is 11.3. The van der Waals surface area contributed by atoms with Crippen LogP contribution in [0.5, 0.6) is 5.75 Å². The highest BCUT2D eigenvalue weighted by molar-refractivity contribution is 5.83. The highest BCUT2D eigenvalue weighted by Gasteiger charge is 2.04. The van der Waals surface area contributed by atoms with Crippen LogP contribution in [0.25, 0.3) is 0 Å². The van der Waals surface area contributed by atoms with Crippen molar-refractivity contribution in [1.82, 2.24) is 5.43 Å². The minimum absolute atomic E-state index is 0.0697. The highest BCUT2D eigenvalue weighted by atomic mass is 16.5. The molecule has 1 N–H and O–H groups in total. The fourth-order valence-corrected chi connectivity index (χ4v) is 1.22. The van der Waals surface area contributed by atoms with Crippen molar-refractivity contribution < 1.29 is 9.53 Å². The number of methoxy groups -OCH3 is 1. The smallest absolute Gasteiger partial charge is 0.242 e. The number of hydrogen-bond acceptors (Lipinski definition) is 3. The largest absolute Gasteiger partial charge is 0.496 e. The Balaban J connectivity index is 2.69. The molecule has 0 aliphatic rings. The molecule has 0 atom stereocenters. The van der Waals surface area contributed by atoms with Crippen molar-refractivity contribution in [2.45, 2.75) is 20.8 Å². The van der Waals surface area contributed by atoms with Gasteiger partial charge in [-0.3, -0.25) is 4.79 Å². The molecular formula is C13H18N2O2. The molecule has 0 heterocycles. The topological polar surface area (TPSA) is 50.7 Å². The molecule has 0 aromatic heterocycles. The molecule has 0 saturated heterocycles. The van der Waals surface area contributed by atoms with Gasteiger partial charge in [0, 0.05) is 5.92 Å². The van der Waals surface area contributed by atoms with E-state index in [1.165, 1.54) is 0 Å². The Morgan fingerprint density at radius 2 is 2.18 bits per heavy atom. The van der Waals surface area contributed by atoms with Gasteiger partial charge in [-0.25, -0.2) is 5.43 Å². The van der Waals surface area contributed by atoms with Crippen molar-refractivity contribution >= 4 is 12.1 Å². The van der Waals surface area contributed by atoms with E-state index in [4.69, 9.17) is 4.74 Å². The second-order valence-corrected chi connectivity index (χ2v) is 4.12. The number of rotatable bonds is 4. The lowest BCUT2D eigenvalue weighted by Gasteiger charge is -2.05. The highest BCUT2D eigenvalue weighted by Crippen LogP contribution is 2.17. The van der Waals surface area contributed by atoms with Crippen LogP contribution in [0.15, 0.2) is 23.3 Å². The second kappa shape index (κ2) is 6.03. The molecule has 0 saturated carbocycles. The molecule has 0 fully saturated rings. The van der Waals surface area contributed by atoms with Crippen LogP contribution >= 0.6 is 0 Å². The van der Waals surface area contributed by atoms with E-state index in [1.807, 2.05) is 39.0 Å². The number of ether oxygens (including phenoxy) is 1. The molecule has 0 bridgehead atoms. The number of carbonyl (C=O) groups excluding carboxylic acids is 1. The Labute approximate surface area is 102 Å². The SMILES string of the molecule is COc1cc(/C=N\NC(=O)C(C)C)ccc1C. The number of carbonyl (C=O) groups is 1. The summed E-state index contributed by atoms with van der Waals surface area (Å²) in [4.78, 5) is 11.3. The average molecular weight is 234 g/mol. The van der Waals surface area contributed by atoms with E-state index < -0.39 is 0 Å². The van der Waals surface area contributed by atoms with Gasteiger partial charge in [0.1, 0.15) is 5.75 Å². The van der Waals surface area contributed by atoms with Crippen LogP contribution in [0.3, 0.4) is 0 Å². The Morgan fingerprint density at radius 3 is 2.76 bits per heavy atom. The van der Waals surface area contributed by atoms with Crippen LogP contribution in [0.4, 0.5) is 0 Å². The number of amides is 1. The van der Waals surface area contributed by atoms with Gasteiger partial charge < -0.3 is 4.74 Å². The summed E-state index contributed by atoms with van der Waals surface area (Å²) in [5, 5.41) is 3.89. The van der Waals surface area contributed by atoms with Gasteiger partial charge in [0.15, 0.2) is 0 Å². The molecule has 1 aromatic carbocycles. The molecule has 1 amide bonds. The summed E-state index contributed by atoms with van der Waals surface area (Å²) in [6, 6.07) is 5.74. The lowest BCUT2D eigenvalue weighted by Crippen LogP contribution is -2.22. The predicted molar refractivity (Wildman–Crippen MR) is 68.3 cm³/mol. The quantitative estimate of drug-likeness (QED) is 0.640. The van der Waals surface area contributed by atoms with E-state index in [-0.39, 0.29) is 11.8 Å². The van der Waals surface area contributed by atoms with Crippen molar-refractivity contribution in [3.05, 3.63) is 29.3 Å². The third kappa shape index (κ3) is 3.90. The molecule has 92 valence electrons. The molecule has 1 aromatic rings. The summed E-state index contributed by atoms with van der Waals surface area (Å²) in [6.45, 7) is 5.61. The van der Waals surface area contributed by atoms with Gasteiger partial charge in [0.25, 0.3) is 0 Å². The van der Waals surface area contributed by atoms with Crippen LogP contribution in [-0.4, -0.2) is 19.2 Å². The predicted octanol–water partition coefficient (Wildman–Crippen LogP) is 2.11. The Morgan fingerprint density at radius 1 is 1.47 bits per heavy atom. The summed E-state index contributed by atoms with van der Waals surface area (Å²) in [7, 11) is 1.63. The normalized spacial score (nSPS) is 10.9. The monoisotopic (exact) mass is 234 g/mol. The van der Waals surface area contributed by atoms with Crippen molar-refractivity contribution in [2.75, 3.05) is 7.11 Å². The lowest BCUT2D eigenvalue weighted by atomic mass is 10.1. The van der Waals surface area contributed by atoms with E-state index in [1.54, 1.807) is 13.3 Å². The zero-order valence-corrected chi connectivity index (χ0v) is 10.7. The standard InChI is InChI=1S/C13H18N2O2/c1-9(2)13(16)15-14-8-11-6-5-10(3)12(7-11)17-4/h5-9H,1-4H3,(H,15,16)/b14-8-. The van der Waals surface area contributed by atoms with Crippen molar-refractivity contribution in [3.63, 3.8) is 0 Å². The van der Waals surface area contributed by atoms with Crippen LogP contribution in [0, 0.1) is 12.8 Å². The Hall–Kier alpha value is -1.84. The van der Waals surface area contributed by atoms with Gasteiger partial charge >= 0.3 is 0 Å². The van der Waals surface area contributed by atoms with E-state index in [9.17, 15) is 4.79 Å². The zero-order chi connectivity index (χ0) is 12.8.